The predicted octanol–water partition coefficient (Wildman–Crippen LogP) is 4.55. The summed E-state index contributed by atoms with van der Waals surface area (Å²) in [7, 11) is 0. The zero-order valence-corrected chi connectivity index (χ0v) is 19.8. The molecule has 1 unspecified atom stereocenters. The highest BCUT2D eigenvalue weighted by molar-refractivity contribution is 6.07. The fraction of sp³-hybridized carbons (Fsp3) is 0.500. The van der Waals surface area contributed by atoms with Crippen LogP contribution in [-0.2, 0) is 21.0 Å². The first-order valence-corrected chi connectivity index (χ1v) is 12.8. The lowest BCUT2D eigenvalue weighted by atomic mass is 9.91. The highest BCUT2D eigenvalue weighted by Crippen LogP contribution is 2.42. The molecule has 3 aliphatic rings. The predicted molar refractivity (Wildman–Crippen MR) is 132 cm³/mol. The molecule has 0 radical (unpaired) electrons. The van der Waals surface area contributed by atoms with E-state index in [0.29, 0.717) is 6.61 Å². The van der Waals surface area contributed by atoms with Gasteiger partial charge in [-0.1, -0.05) is 67.8 Å². The molecule has 6 heteroatoms. The fourth-order valence-corrected chi connectivity index (χ4v) is 5.95. The number of hydrogen-bond donors (Lipinski definition) is 1. The highest BCUT2D eigenvalue weighted by Gasteiger charge is 2.42. The number of piperidine rings is 1. The van der Waals surface area contributed by atoms with Crippen molar-refractivity contribution >= 4 is 17.5 Å². The quantitative estimate of drug-likeness (QED) is 0.615. The van der Waals surface area contributed by atoms with Gasteiger partial charge < -0.3 is 9.80 Å². The average molecular weight is 462 g/mol. The molecular formula is C28H35N3O3. The minimum Gasteiger partial charge on any atom is -0.308 e. The minimum absolute atomic E-state index is 0.0514. The van der Waals surface area contributed by atoms with Crippen molar-refractivity contribution in [3.8, 4) is 0 Å². The Morgan fingerprint density at radius 1 is 0.882 bits per heavy atom. The SMILES string of the molecule is O=C(CC1C(=O)N(C2CCN(C3CCCCC3)CC2)c2ccccc21)NOCc1ccccc1. The summed E-state index contributed by atoms with van der Waals surface area (Å²) < 4.78 is 0. The van der Waals surface area contributed by atoms with Gasteiger partial charge in [-0.25, -0.2) is 5.48 Å². The van der Waals surface area contributed by atoms with Crippen molar-refractivity contribution in [3.63, 3.8) is 0 Å². The number of hydroxylamine groups is 1. The van der Waals surface area contributed by atoms with Crippen LogP contribution in [0.4, 0.5) is 5.69 Å². The zero-order chi connectivity index (χ0) is 23.3. The third kappa shape index (κ3) is 5.03. The van der Waals surface area contributed by atoms with E-state index < -0.39 is 5.92 Å². The van der Waals surface area contributed by atoms with Crippen LogP contribution in [0.25, 0.3) is 0 Å². The van der Waals surface area contributed by atoms with E-state index in [1.165, 1.54) is 32.1 Å². The van der Waals surface area contributed by atoms with Crippen LogP contribution in [0.1, 0.15) is 68.4 Å². The van der Waals surface area contributed by atoms with E-state index in [2.05, 4.69) is 10.4 Å². The third-order valence-electron chi connectivity index (χ3n) is 7.72. The molecule has 2 aromatic rings. The van der Waals surface area contributed by atoms with Crippen molar-refractivity contribution in [1.82, 2.24) is 10.4 Å². The van der Waals surface area contributed by atoms with Crippen LogP contribution in [0, 0.1) is 0 Å². The first kappa shape index (κ1) is 23.1. The molecule has 34 heavy (non-hydrogen) atoms. The molecule has 2 heterocycles. The van der Waals surface area contributed by atoms with Gasteiger partial charge in [0.2, 0.25) is 11.8 Å². The van der Waals surface area contributed by atoms with Crippen LogP contribution in [0.15, 0.2) is 54.6 Å². The molecule has 0 spiro atoms. The summed E-state index contributed by atoms with van der Waals surface area (Å²) in [5, 5.41) is 0. The van der Waals surface area contributed by atoms with Gasteiger partial charge >= 0.3 is 0 Å². The number of fused-ring (bicyclic) bond motifs is 1. The minimum atomic E-state index is -0.451. The molecule has 1 saturated heterocycles. The molecular weight excluding hydrogens is 426 g/mol. The van der Waals surface area contributed by atoms with Gasteiger partial charge in [-0.3, -0.25) is 14.4 Å². The summed E-state index contributed by atoms with van der Waals surface area (Å²) in [5.41, 5.74) is 5.45. The molecule has 2 aromatic carbocycles. The van der Waals surface area contributed by atoms with Gasteiger partial charge in [-0.05, 0) is 42.9 Å². The molecule has 1 aliphatic carbocycles. The van der Waals surface area contributed by atoms with Gasteiger partial charge in [-0.15, -0.1) is 0 Å². The molecule has 2 amide bonds. The monoisotopic (exact) mass is 461 g/mol. The van der Waals surface area contributed by atoms with Gasteiger partial charge in [-0.2, -0.15) is 0 Å². The van der Waals surface area contributed by atoms with Crippen molar-refractivity contribution in [2.45, 2.75) is 76.0 Å². The Kier molecular flexibility index (Phi) is 7.26. The number of likely N-dealkylation sites (tertiary alicyclic amines) is 1. The maximum Gasteiger partial charge on any atom is 0.244 e. The van der Waals surface area contributed by atoms with E-state index in [1.807, 2.05) is 59.5 Å². The van der Waals surface area contributed by atoms with E-state index in [0.717, 1.165) is 48.8 Å². The zero-order valence-electron chi connectivity index (χ0n) is 19.8. The molecule has 1 N–H and O–H groups in total. The lowest BCUT2D eigenvalue weighted by Crippen LogP contribution is -2.50. The van der Waals surface area contributed by atoms with Gasteiger partial charge in [0.1, 0.15) is 0 Å². The van der Waals surface area contributed by atoms with Crippen LogP contribution in [0.5, 0.6) is 0 Å². The van der Waals surface area contributed by atoms with E-state index in [1.54, 1.807) is 0 Å². The summed E-state index contributed by atoms with van der Waals surface area (Å²) >= 11 is 0. The number of rotatable bonds is 7. The summed E-state index contributed by atoms with van der Waals surface area (Å²) in [5.74, 6) is -0.665. The van der Waals surface area contributed by atoms with Gasteiger partial charge in [0.15, 0.2) is 0 Å². The standard InChI is InChI=1S/C28H35N3O3/c32-27(29-34-20-21-9-3-1-4-10-21)19-25-24-13-7-8-14-26(24)31(28(25)33)23-15-17-30(18-16-23)22-11-5-2-6-12-22/h1,3-4,7-10,13-14,22-23,25H,2,5-6,11-12,15-20H2,(H,29,32). The summed E-state index contributed by atoms with van der Waals surface area (Å²) in [6, 6.07) is 18.6. The first-order valence-electron chi connectivity index (χ1n) is 12.8. The second-order valence-corrected chi connectivity index (χ2v) is 9.88. The maximum absolute atomic E-state index is 13.6. The van der Waals surface area contributed by atoms with Crippen molar-refractivity contribution in [1.29, 1.82) is 0 Å². The number of hydrogen-bond acceptors (Lipinski definition) is 4. The Labute approximate surface area is 202 Å². The van der Waals surface area contributed by atoms with Crippen LogP contribution in [0.3, 0.4) is 0 Å². The van der Waals surface area contributed by atoms with E-state index in [9.17, 15) is 9.59 Å². The molecule has 2 fully saturated rings. The molecule has 5 rings (SSSR count). The van der Waals surface area contributed by atoms with Crippen molar-refractivity contribution in [2.24, 2.45) is 0 Å². The smallest absolute Gasteiger partial charge is 0.244 e. The topological polar surface area (TPSA) is 61.9 Å². The number of carbonyl (C=O) groups excluding carboxylic acids is 2. The Hall–Kier alpha value is -2.70. The largest absolute Gasteiger partial charge is 0.308 e. The number of nitrogens with zero attached hydrogens (tertiary/aromatic N) is 2. The molecule has 6 nitrogen and oxygen atoms in total. The first-order chi connectivity index (χ1) is 16.7. The van der Waals surface area contributed by atoms with Crippen LogP contribution in [-0.4, -0.2) is 41.9 Å². The van der Waals surface area contributed by atoms with E-state index >= 15 is 0 Å². The Balaban J connectivity index is 1.20. The Bertz CT molecular complexity index is 981. The van der Waals surface area contributed by atoms with Gasteiger partial charge in [0.25, 0.3) is 0 Å². The second-order valence-electron chi connectivity index (χ2n) is 9.88. The number of amides is 2. The lowest BCUT2D eigenvalue weighted by molar-refractivity contribution is -0.136. The summed E-state index contributed by atoms with van der Waals surface area (Å²) in [4.78, 5) is 36.2. The average Bonchev–Trinajstić information content (AvgIpc) is 3.16. The highest BCUT2D eigenvalue weighted by atomic mass is 16.6. The number of para-hydroxylation sites is 1. The van der Waals surface area contributed by atoms with E-state index in [-0.39, 0.29) is 24.3 Å². The van der Waals surface area contributed by atoms with Crippen molar-refractivity contribution in [2.75, 3.05) is 18.0 Å². The molecule has 1 atom stereocenters. The number of benzene rings is 2. The number of carbonyl (C=O) groups is 2. The normalized spacial score (nSPS) is 22.1. The Morgan fingerprint density at radius 3 is 2.35 bits per heavy atom. The molecule has 180 valence electrons. The molecule has 2 aliphatic heterocycles. The van der Waals surface area contributed by atoms with Crippen molar-refractivity contribution < 1.29 is 14.4 Å². The third-order valence-corrected chi connectivity index (χ3v) is 7.72. The van der Waals surface area contributed by atoms with Crippen LogP contribution in [0.2, 0.25) is 0 Å². The Morgan fingerprint density at radius 2 is 1.59 bits per heavy atom. The van der Waals surface area contributed by atoms with Crippen molar-refractivity contribution in [3.05, 3.63) is 65.7 Å². The lowest BCUT2D eigenvalue weighted by Gasteiger charge is -2.41. The summed E-state index contributed by atoms with van der Waals surface area (Å²) in [6.45, 7) is 2.41. The summed E-state index contributed by atoms with van der Waals surface area (Å²) in [6.07, 6.45) is 8.80. The molecule has 1 saturated carbocycles. The fourth-order valence-electron chi connectivity index (χ4n) is 5.95. The van der Waals surface area contributed by atoms with Crippen LogP contribution < -0.4 is 10.4 Å². The van der Waals surface area contributed by atoms with E-state index in [4.69, 9.17) is 4.84 Å². The number of nitrogens with one attached hydrogen (secondary N) is 1. The number of anilines is 1. The van der Waals surface area contributed by atoms with Gasteiger partial charge in [0.05, 0.1) is 12.5 Å². The maximum atomic E-state index is 13.6. The van der Waals surface area contributed by atoms with Gasteiger partial charge in [0, 0.05) is 37.3 Å². The second kappa shape index (κ2) is 10.7. The molecule has 0 aromatic heterocycles. The van der Waals surface area contributed by atoms with Crippen LogP contribution >= 0.6 is 0 Å². The molecule has 0 bridgehead atoms.